The fraction of sp³-hybridized carbons (Fsp3) is 0.400. The SMILES string of the molecule is COc1ccc(CCN(CCCCCCCCNc2cccc3c2C(=O)N(C2CCC(=O)NC2=O)C3=O)Cc2ccc(OCc3ccc(Cl)nc3)c(OC)c2)cc1OC. The molecule has 312 valence electrons. The van der Waals surface area contributed by atoms with Gasteiger partial charge in [0.2, 0.25) is 11.8 Å². The number of hydrogen-bond acceptors (Lipinski definition) is 11. The molecular weight excluding hydrogens is 774 g/mol. The number of amides is 4. The van der Waals surface area contributed by atoms with Crippen LogP contribution in [0.5, 0.6) is 23.0 Å². The molecule has 0 bridgehead atoms. The van der Waals surface area contributed by atoms with Crippen LogP contribution in [0, 0.1) is 0 Å². The third kappa shape index (κ3) is 11.1. The number of anilines is 1. The number of imide groups is 2. The van der Waals surface area contributed by atoms with Crippen LogP contribution in [0.25, 0.3) is 0 Å². The average Bonchev–Trinajstić information content (AvgIpc) is 3.50. The first-order valence-electron chi connectivity index (χ1n) is 20.1. The summed E-state index contributed by atoms with van der Waals surface area (Å²) in [6.07, 6.45) is 8.99. The molecular formula is C45H52ClN5O8. The van der Waals surface area contributed by atoms with Gasteiger partial charge in [0.1, 0.15) is 17.8 Å². The van der Waals surface area contributed by atoms with Crippen molar-refractivity contribution in [2.45, 2.75) is 77.0 Å². The number of nitrogens with one attached hydrogen (secondary N) is 2. The van der Waals surface area contributed by atoms with Gasteiger partial charge in [0.05, 0.1) is 32.5 Å². The minimum Gasteiger partial charge on any atom is -0.493 e. The van der Waals surface area contributed by atoms with Crippen LogP contribution in [0.3, 0.4) is 0 Å². The number of ether oxygens (including phenoxy) is 4. The van der Waals surface area contributed by atoms with Gasteiger partial charge in [-0.3, -0.25) is 34.3 Å². The van der Waals surface area contributed by atoms with Crippen molar-refractivity contribution in [1.82, 2.24) is 20.1 Å². The summed E-state index contributed by atoms with van der Waals surface area (Å²) in [4.78, 5) is 58.3. The minimum absolute atomic E-state index is 0.0834. The minimum atomic E-state index is -0.988. The second-order valence-electron chi connectivity index (χ2n) is 14.7. The second kappa shape index (κ2) is 20.9. The zero-order chi connectivity index (χ0) is 41.7. The van der Waals surface area contributed by atoms with Gasteiger partial charge in [-0.2, -0.15) is 0 Å². The summed E-state index contributed by atoms with van der Waals surface area (Å²) in [5.41, 5.74) is 4.34. The molecule has 1 fully saturated rings. The first kappa shape index (κ1) is 42.9. The molecule has 4 aromatic rings. The molecule has 14 heteroatoms. The molecule has 2 aliphatic heterocycles. The van der Waals surface area contributed by atoms with E-state index in [1.165, 1.54) is 5.56 Å². The van der Waals surface area contributed by atoms with Crippen molar-refractivity contribution in [3.05, 3.63) is 106 Å². The molecule has 1 atom stereocenters. The Morgan fingerprint density at radius 1 is 0.780 bits per heavy atom. The number of carbonyl (C=O) groups excluding carboxylic acids is 4. The summed E-state index contributed by atoms with van der Waals surface area (Å²) in [7, 11) is 4.94. The van der Waals surface area contributed by atoms with Gasteiger partial charge >= 0.3 is 0 Å². The molecule has 1 unspecified atom stereocenters. The Balaban J connectivity index is 0.977. The van der Waals surface area contributed by atoms with E-state index in [0.29, 0.717) is 47.0 Å². The number of unbranched alkanes of at least 4 members (excludes halogenated alkanes) is 5. The first-order chi connectivity index (χ1) is 28.7. The lowest BCUT2D eigenvalue weighted by molar-refractivity contribution is -0.136. The highest BCUT2D eigenvalue weighted by Gasteiger charge is 2.45. The molecule has 13 nitrogen and oxygen atoms in total. The first-order valence-corrected chi connectivity index (χ1v) is 20.5. The van der Waals surface area contributed by atoms with Gasteiger partial charge in [0.15, 0.2) is 23.0 Å². The van der Waals surface area contributed by atoms with Crippen LogP contribution < -0.4 is 29.6 Å². The Morgan fingerprint density at radius 2 is 1.47 bits per heavy atom. The second-order valence-corrected chi connectivity index (χ2v) is 15.1. The van der Waals surface area contributed by atoms with Crippen molar-refractivity contribution in [3.8, 4) is 23.0 Å². The average molecular weight is 826 g/mol. The molecule has 1 aromatic heterocycles. The van der Waals surface area contributed by atoms with E-state index in [1.807, 2.05) is 30.3 Å². The molecule has 6 rings (SSSR count). The monoisotopic (exact) mass is 825 g/mol. The van der Waals surface area contributed by atoms with Crippen LogP contribution in [0.1, 0.15) is 88.8 Å². The van der Waals surface area contributed by atoms with Crippen LogP contribution in [-0.4, -0.2) is 85.4 Å². The van der Waals surface area contributed by atoms with Gasteiger partial charge in [0, 0.05) is 43.5 Å². The molecule has 3 aromatic carbocycles. The number of aromatic nitrogens is 1. The van der Waals surface area contributed by atoms with Crippen LogP contribution in [0.4, 0.5) is 5.69 Å². The number of nitrogens with zero attached hydrogens (tertiary/aromatic N) is 3. The number of pyridine rings is 1. The fourth-order valence-electron chi connectivity index (χ4n) is 7.49. The van der Waals surface area contributed by atoms with Crippen LogP contribution in [0.2, 0.25) is 5.15 Å². The summed E-state index contributed by atoms with van der Waals surface area (Å²) in [5, 5.41) is 6.03. The number of benzene rings is 3. The topological polar surface area (TPSA) is 149 Å². The Bertz CT molecular complexity index is 2110. The predicted molar refractivity (Wildman–Crippen MR) is 224 cm³/mol. The Morgan fingerprint density at radius 3 is 2.22 bits per heavy atom. The summed E-state index contributed by atoms with van der Waals surface area (Å²) >= 11 is 5.93. The molecule has 0 saturated carbocycles. The Labute approximate surface area is 350 Å². The van der Waals surface area contributed by atoms with Crippen molar-refractivity contribution in [2.24, 2.45) is 0 Å². The smallest absolute Gasteiger partial charge is 0.264 e. The Hall–Kier alpha value is -5.66. The molecule has 2 aliphatic rings. The zero-order valence-electron chi connectivity index (χ0n) is 33.9. The lowest BCUT2D eigenvalue weighted by Crippen LogP contribution is -2.54. The maximum atomic E-state index is 13.4. The highest BCUT2D eigenvalue weighted by Crippen LogP contribution is 2.33. The van der Waals surface area contributed by atoms with Gasteiger partial charge < -0.3 is 24.3 Å². The number of carbonyl (C=O) groups is 4. The molecule has 1 saturated heterocycles. The fourth-order valence-corrected chi connectivity index (χ4v) is 7.60. The largest absolute Gasteiger partial charge is 0.493 e. The third-order valence-electron chi connectivity index (χ3n) is 10.7. The number of fused-ring (bicyclic) bond motifs is 1. The molecule has 0 radical (unpaired) electrons. The van der Waals surface area contributed by atoms with Gasteiger partial charge in [-0.15, -0.1) is 0 Å². The maximum Gasteiger partial charge on any atom is 0.264 e. The highest BCUT2D eigenvalue weighted by atomic mass is 35.5. The Kier molecular flexibility index (Phi) is 15.2. The van der Waals surface area contributed by atoms with E-state index in [-0.39, 0.29) is 24.0 Å². The summed E-state index contributed by atoms with van der Waals surface area (Å²) in [6.45, 7) is 3.53. The van der Waals surface area contributed by atoms with Crippen molar-refractivity contribution in [1.29, 1.82) is 0 Å². The maximum absolute atomic E-state index is 13.4. The van der Waals surface area contributed by atoms with Crippen molar-refractivity contribution >= 4 is 40.9 Å². The van der Waals surface area contributed by atoms with Crippen LogP contribution >= 0.6 is 11.6 Å². The van der Waals surface area contributed by atoms with Gasteiger partial charge in [-0.25, -0.2) is 4.98 Å². The zero-order valence-corrected chi connectivity index (χ0v) is 34.6. The van der Waals surface area contributed by atoms with Crippen LogP contribution in [-0.2, 0) is 29.2 Å². The van der Waals surface area contributed by atoms with E-state index in [9.17, 15) is 19.2 Å². The number of rotatable bonds is 22. The molecule has 0 aliphatic carbocycles. The number of halogens is 1. The van der Waals surface area contributed by atoms with E-state index < -0.39 is 29.7 Å². The summed E-state index contributed by atoms with van der Waals surface area (Å²) in [6, 6.07) is 19.9. The van der Waals surface area contributed by atoms with E-state index in [2.05, 4.69) is 32.7 Å². The van der Waals surface area contributed by atoms with E-state index in [0.717, 1.165) is 80.6 Å². The molecule has 0 spiro atoms. The third-order valence-corrected chi connectivity index (χ3v) is 10.9. The molecule has 4 amide bonds. The highest BCUT2D eigenvalue weighted by molar-refractivity contribution is 6.29. The van der Waals surface area contributed by atoms with Gasteiger partial charge in [0.25, 0.3) is 11.8 Å². The predicted octanol–water partition coefficient (Wildman–Crippen LogP) is 7.24. The van der Waals surface area contributed by atoms with E-state index in [1.54, 1.807) is 51.8 Å². The van der Waals surface area contributed by atoms with Crippen molar-refractivity contribution in [3.63, 3.8) is 0 Å². The standard InChI is InChI=1S/C45H52ClN5O8/c1-56-36-17-13-30(25-38(36)57-2)21-24-50(28-31-14-18-37(39(26-31)58-3)59-29-32-15-19-40(46)48-27-32)23-9-7-5-4-6-8-22-47-34-12-10-11-33-42(34)45(55)51(44(33)54)35-16-20-41(52)49-43(35)53/h10-15,17-19,25-27,35,47H,4-9,16,20-24,28-29H2,1-3H3,(H,49,52,53). The van der Waals surface area contributed by atoms with E-state index >= 15 is 0 Å². The lowest BCUT2D eigenvalue weighted by atomic mass is 10.0. The van der Waals surface area contributed by atoms with Crippen LogP contribution in [0.15, 0.2) is 72.9 Å². The molecule has 3 heterocycles. The van der Waals surface area contributed by atoms with Gasteiger partial charge in [-0.1, -0.05) is 61.5 Å². The quantitative estimate of drug-likeness (QED) is 0.0470. The molecule has 59 heavy (non-hydrogen) atoms. The lowest BCUT2D eigenvalue weighted by Gasteiger charge is -2.27. The van der Waals surface area contributed by atoms with Crippen molar-refractivity contribution in [2.75, 3.05) is 46.3 Å². The summed E-state index contributed by atoms with van der Waals surface area (Å²) in [5.74, 6) is 0.728. The van der Waals surface area contributed by atoms with Gasteiger partial charge in [-0.05, 0) is 85.8 Å². The van der Waals surface area contributed by atoms with Crippen molar-refractivity contribution < 1.29 is 38.1 Å². The van der Waals surface area contributed by atoms with E-state index in [4.69, 9.17) is 30.5 Å². The number of methoxy groups -OCH3 is 3. The number of hydrogen-bond donors (Lipinski definition) is 2. The molecule has 2 N–H and O–H groups in total. The normalized spacial score (nSPS) is 15.0. The summed E-state index contributed by atoms with van der Waals surface area (Å²) < 4.78 is 22.8. The number of piperidine rings is 1.